The number of piperidine rings is 1. The highest BCUT2D eigenvalue weighted by molar-refractivity contribution is 6.38. The molecule has 0 bridgehead atoms. The fourth-order valence-corrected chi connectivity index (χ4v) is 4.18. The average Bonchev–Trinajstić information content (AvgIpc) is 2.83. The zero-order chi connectivity index (χ0) is 21.0. The van der Waals surface area contributed by atoms with E-state index >= 15 is 0 Å². The Hall–Kier alpha value is -2.84. The minimum absolute atomic E-state index is 0.228. The van der Waals surface area contributed by atoms with Crippen molar-refractivity contribution in [3.8, 4) is 5.75 Å². The predicted molar refractivity (Wildman–Crippen MR) is 127 cm³/mol. The molecule has 0 aliphatic carbocycles. The van der Waals surface area contributed by atoms with Crippen LogP contribution in [0.4, 0.5) is 17.3 Å². The number of fused-ring (bicyclic) bond motifs is 1. The van der Waals surface area contributed by atoms with Gasteiger partial charge in [0, 0.05) is 36.0 Å². The lowest BCUT2D eigenvalue weighted by Gasteiger charge is -2.28. The van der Waals surface area contributed by atoms with E-state index in [1.807, 2.05) is 12.3 Å². The first kappa shape index (κ1) is 20.1. The first-order valence-corrected chi connectivity index (χ1v) is 11.1. The molecule has 2 aliphatic heterocycles. The second kappa shape index (κ2) is 9.12. The third kappa shape index (κ3) is 4.60. The maximum atomic E-state index is 6.34. The van der Waals surface area contributed by atoms with E-state index in [4.69, 9.17) is 14.5 Å². The lowest BCUT2D eigenvalue weighted by molar-refractivity contribution is 0.122. The summed E-state index contributed by atoms with van der Waals surface area (Å²) in [6.07, 6.45) is 4.14. The number of hydrogen-bond acceptors (Lipinski definition) is 7. The highest BCUT2D eigenvalue weighted by Gasteiger charge is 2.17. The van der Waals surface area contributed by atoms with Crippen molar-refractivity contribution in [2.45, 2.75) is 18.9 Å². The van der Waals surface area contributed by atoms with Crippen LogP contribution in [0.25, 0.3) is 10.9 Å². The molecule has 2 aliphatic rings. The maximum Gasteiger partial charge on any atom is 0.227 e. The van der Waals surface area contributed by atoms with Crippen LogP contribution in [0.3, 0.4) is 0 Å². The number of morpholine rings is 1. The first-order chi connectivity index (χ1) is 15.3. The van der Waals surface area contributed by atoms with Gasteiger partial charge in [0.2, 0.25) is 5.95 Å². The van der Waals surface area contributed by atoms with E-state index in [0.29, 0.717) is 5.95 Å². The molecule has 2 N–H and O–H groups in total. The van der Waals surface area contributed by atoms with Gasteiger partial charge in [-0.2, -0.15) is 0 Å². The van der Waals surface area contributed by atoms with Gasteiger partial charge in [-0.25, -0.2) is 9.97 Å². The first-order valence-electron chi connectivity index (χ1n) is 11.1. The fourth-order valence-electron chi connectivity index (χ4n) is 4.18. The van der Waals surface area contributed by atoms with Crippen molar-refractivity contribution in [2.24, 2.45) is 0 Å². The highest BCUT2D eigenvalue weighted by atomic mass is 16.5. The molecule has 0 spiro atoms. The Morgan fingerprint density at radius 2 is 1.84 bits per heavy atom. The number of anilines is 3. The third-order valence-corrected chi connectivity index (χ3v) is 6.01. The molecule has 7 nitrogen and oxygen atoms in total. The molecule has 0 amide bonds. The molecule has 160 valence electrons. The Kier molecular flexibility index (Phi) is 5.91. The Labute approximate surface area is 183 Å². The minimum atomic E-state index is 0.228. The van der Waals surface area contributed by atoms with Crippen molar-refractivity contribution in [1.29, 1.82) is 0 Å². The molecule has 3 aromatic rings. The van der Waals surface area contributed by atoms with E-state index in [-0.39, 0.29) is 6.10 Å². The zero-order valence-electron chi connectivity index (χ0n) is 17.9. The largest absolute Gasteiger partial charge is 0.488 e. The summed E-state index contributed by atoms with van der Waals surface area (Å²) in [6.45, 7) is 5.42. The number of benzene rings is 2. The second-order valence-electron chi connectivity index (χ2n) is 8.17. The summed E-state index contributed by atoms with van der Waals surface area (Å²) in [7, 11) is 2.08. The summed E-state index contributed by atoms with van der Waals surface area (Å²) in [5.74, 6) is 1.41. The van der Waals surface area contributed by atoms with Crippen molar-refractivity contribution in [3.63, 3.8) is 0 Å². The summed E-state index contributed by atoms with van der Waals surface area (Å²) >= 11 is 0. The van der Waals surface area contributed by atoms with Gasteiger partial charge < -0.3 is 25.0 Å². The standard InChI is InChI=1S/C23H28BN5O2/c24-20-5-6-21(31-18-7-9-25-10-8-18)22-19(20)15-26-23(28-22)27-16-1-3-17(4-2-16)29-11-13-30-14-12-29/h1-6,15,18,25H,7-14,24H2,(H,26,27,28). The summed E-state index contributed by atoms with van der Waals surface area (Å²) in [5.41, 5.74) is 4.18. The SMILES string of the molecule is Bc1ccc(OC2CCNCC2)c2nc(Nc3ccc(N4CCOCC4)cc3)ncc12. The van der Waals surface area contributed by atoms with Gasteiger partial charge in [-0.3, -0.25) is 0 Å². The van der Waals surface area contributed by atoms with Gasteiger partial charge in [-0.05, 0) is 56.3 Å². The van der Waals surface area contributed by atoms with Gasteiger partial charge in [-0.1, -0.05) is 11.5 Å². The third-order valence-electron chi connectivity index (χ3n) is 6.01. The molecule has 8 heteroatoms. The molecular weight excluding hydrogens is 389 g/mol. The Morgan fingerprint density at radius 1 is 1.06 bits per heavy atom. The van der Waals surface area contributed by atoms with E-state index in [1.165, 1.54) is 5.69 Å². The molecule has 2 aromatic carbocycles. The summed E-state index contributed by atoms with van der Waals surface area (Å²) in [6, 6.07) is 12.5. The van der Waals surface area contributed by atoms with Crippen LogP contribution < -0.4 is 25.7 Å². The minimum Gasteiger partial charge on any atom is -0.488 e. The Bertz CT molecular complexity index is 1030. The maximum absolute atomic E-state index is 6.34. The van der Waals surface area contributed by atoms with Crippen LogP contribution in [0.5, 0.6) is 5.75 Å². The molecule has 3 heterocycles. The quantitative estimate of drug-likeness (QED) is 0.611. The smallest absolute Gasteiger partial charge is 0.227 e. The molecule has 0 radical (unpaired) electrons. The second-order valence-corrected chi connectivity index (χ2v) is 8.17. The average molecular weight is 417 g/mol. The van der Waals surface area contributed by atoms with Crippen LogP contribution in [-0.2, 0) is 4.74 Å². The summed E-state index contributed by atoms with van der Waals surface area (Å²) in [5, 5.41) is 7.76. The fraction of sp³-hybridized carbons (Fsp3) is 0.391. The molecule has 0 unspecified atom stereocenters. The van der Waals surface area contributed by atoms with Crippen molar-refractivity contribution in [2.75, 3.05) is 49.6 Å². The number of rotatable bonds is 5. The van der Waals surface area contributed by atoms with Gasteiger partial charge >= 0.3 is 0 Å². The number of nitrogens with zero attached hydrogens (tertiary/aromatic N) is 3. The summed E-state index contributed by atoms with van der Waals surface area (Å²) in [4.78, 5) is 11.7. The molecular formula is C23H28BN5O2. The van der Waals surface area contributed by atoms with Gasteiger partial charge in [0.1, 0.15) is 25.2 Å². The van der Waals surface area contributed by atoms with E-state index in [1.54, 1.807) is 0 Å². The van der Waals surface area contributed by atoms with Crippen molar-refractivity contribution < 1.29 is 9.47 Å². The zero-order valence-corrected chi connectivity index (χ0v) is 17.9. The molecule has 0 atom stereocenters. The number of nitrogens with one attached hydrogen (secondary N) is 2. The molecule has 2 fully saturated rings. The monoisotopic (exact) mass is 417 g/mol. The molecule has 1 aromatic heterocycles. The Morgan fingerprint density at radius 3 is 2.61 bits per heavy atom. The van der Waals surface area contributed by atoms with Crippen molar-refractivity contribution in [1.82, 2.24) is 15.3 Å². The van der Waals surface area contributed by atoms with Gasteiger partial charge in [0.05, 0.1) is 13.2 Å². The van der Waals surface area contributed by atoms with E-state index in [9.17, 15) is 0 Å². The van der Waals surface area contributed by atoms with Crippen LogP contribution in [0.2, 0.25) is 0 Å². The number of aromatic nitrogens is 2. The van der Waals surface area contributed by atoms with Crippen LogP contribution in [0.1, 0.15) is 12.8 Å². The lowest BCUT2D eigenvalue weighted by atomic mass is 9.92. The van der Waals surface area contributed by atoms with Crippen LogP contribution in [-0.4, -0.2) is 63.3 Å². The van der Waals surface area contributed by atoms with Crippen LogP contribution in [0.15, 0.2) is 42.6 Å². The Balaban J connectivity index is 1.36. The number of ether oxygens (including phenoxy) is 2. The van der Waals surface area contributed by atoms with Crippen LogP contribution in [0, 0.1) is 0 Å². The molecule has 5 rings (SSSR count). The van der Waals surface area contributed by atoms with Gasteiger partial charge in [0.25, 0.3) is 0 Å². The van der Waals surface area contributed by atoms with Crippen molar-refractivity contribution >= 4 is 41.5 Å². The molecule has 2 saturated heterocycles. The van der Waals surface area contributed by atoms with Crippen LogP contribution >= 0.6 is 0 Å². The van der Waals surface area contributed by atoms with Gasteiger partial charge in [0.15, 0.2) is 0 Å². The lowest BCUT2D eigenvalue weighted by Crippen LogP contribution is -2.36. The predicted octanol–water partition coefficient (Wildman–Crippen LogP) is 1.60. The highest BCUT2D eigenvalue weighted by Crippen LogP contribution is 2.27. The van der Waals surface area contributed by atoms with E-state index < -0.39 is 0 Å². The van der Waals surface area contributed by atoms with E-state index in [2.05, 4.69) is 58.7 Å². The summed E-state index contributed by atoms with van der Waals surface area (Å²) < 4.78 is 11.8. The normalized spacial score (nSPS) is 17.6. The van der Waals surface area contributed by atoms with Gasteiger partial charge in [-0.15, -0.1) is 0 Å². The molecule has 31 heavy (non-hydrogen) atoms. The number of hydrogen-bond donors (Lipinski definition) is 2. The van der Waals surface area contributed by atoms with E-state index in [0.717, 1.165) is 80.0 Å². The topological polar surface area (TPSA) is 71.5 Å². The van der Waals surface area contributed by atoms with Crippen molar-refractivity contribution in [3.05, 3.63) is 42.6 Å². The molecule has 0 saturated carbocycles.